The first-order valence-electron chi connectivity index (χ1n) is 13.4. The largest absolute Gasteiger partial charge is 0.370 e. The highest BCUT2D eigenvalue weighted by atomic mass is 16.2. The Morgan fingerprint density at radius 1 is 1.08 bits per heavy atom. The van der Waals surface area contributed by atoms with Crippen molar-refractivity contribution in [1.29, 1.82) is 0 Å². The van der Waals surface area contributed by atoms with Gasteiger partial charge >= 0.3 is 0 Å². The van der Waals surface area contributed by atoms with Gasteiger partial charge in [-0.2, -0.15) is 5.10 Å². The average molecular weight is 500 g/mol. The summed E-state index contributed by atoms with van der Waals surface area (Å²) in [6.45, 7) is 4.20. The van der Waals surface area contributed by atoms with Crippen LogP contribution < -0.4 is 20.9 Å². The molecule has 6 rings (SSSR count). The molecule has 3 N–H and O–H groups in total. The molecule has 192 valence electrons. The van der Waals surface area contributed by atoms with Crippen LogP contribution in [0, 0.1) is 5.92 Å². The van der Waals surface area contributed by atoms with Gasteiger partial charge in [-0.05, 0) is 73.8 Å². The maximum atomic E-state index is 12.9. The lowest BCUT2D eigenvalue weighted by Gasteiger charge is -2.34. The molecule has 0 bridgehead atoms. The normalized spacial score (nSPS) is 18.6. The Bertz CT molecular complexity index is 1300. The van der Waals surface area contributed by atoms with E-state index in [2.05, 4.69) is 47.7 Å². The van der Waals surface area contributed by atoms with Gasteiger partial charge in [-0.15, -0.1) is 0 Å². The van der Waals surface area contributed by atoms with Crippen LogP contribution >= 0.6 is 0 Å². The van der Waals surface area contributed by atoms with E-state index >= 15 is 0 Å². The Hall–Kier alpha value is -3.88. The monoisotopic (exact) mass is 499 g/mol. The van der Waals surface area contributed by atoms with E-state index in [1.807, 2.05) is 24.5 Å². The Morgan fingerprint density at radius 2 is 2.03 bits per heavy atom. The van der Waals surface area contributed by atoms with Crippen molar-refractivity contribution >= 4 is 29.5 Å². The number of carbonyl (C=O) groups excluding carboxylic acids is 2. The lowest BCUT2D eigenvalue weighted by Crippen LogP contribution is -2.36. The van der Waals surface area contributed by atoms with Gasteiger partial charge in [0.2, 0.25) is 6.41 Å². The molecule has 2 amide bonds. The zero-order chi connectivity index (χ0) is 25.2. The summed E-state index contributed by atoms with van der Waals surface area (Å²) in [6.07, 6.45) is 11.3. The van der Waals surface area contributed by atoms with E-state index in [1.54, 1.807) is 0 Å². The standard InChI is InChI=1S/C28H33N7O2/c36-18-29-11-10-19-4-3-12-34(17-19)20-6-9-26(30-14-20)33-24-8-7-21(23-15-31-28(37)27(23)24)22-16-32-35-13-2-1-5-25(22)35/h6-9,14,16,18-19H,1-5,10-13,15,17H2,(H,29,36)(H,30,33)(H,31,37). The van der Waals surface area contributed by atoms with E-state index < -0.39 is 0 Å². The molecule has 37 heavy (non-hydrogen) atoms. The van der Waals surface area contributed by atoms with Crippen LogP contribution in [0.5, 0.6) is 0 Å². The second kappa shape index (κ2) is 10.2. The highest BCUT2D eigenvalue weighted by Gasteiger charge is 2.28. The minimum Gasteiger partial charge on any atom is -0.370 e. The fourth-order valence-electron chi connectivity index (χ4n) is 6.02. The highest BCUT2D eigenvalue weighted by Crippen LogP contribution is 2.37. The first-order chi connectivity index (χ1) is 18.2. The van der Waals surface area contributed by atoms with Crippen LogP contribution in [-0.2, 0) is 24.3 Å². The van der Waals surface area contributed by atoms with Gasteiger partial charge < -0.3 is 20.9 Å². The molecule has 0 aliphatic carbocycles. The number of piperidine rings is 1. The third-order valence-electron chi connectivity index (χ3n) is 7.91. The van der Waals surface area contributed by atoms with Crippen LogP contribution in [0.15, 0.2) is 36.7 Å². The maximum Gasteiger partial charge on any atom is 0.254 e. The number of rotatable bonds is 8. The fourth-order valence-corrected chi connectivity index (χ4v) is 6.02. The fraction of sp³-hybridized carbons (Fsp3) is 0.429. The lowest BCUT2D eigenvalue weighted by atomic mass is 9.94. The molecule has 0 saturated carbocycles. The number of nitrogens with zero attached hydrogens (tertiary/aromatic N) is 4. The van der Waals surface area contributed by atoms with E-state index in [-0.39, 0.29) is 5.91 Å². The molecule has 3 aromatic rings. The topological polar surface area (TPSA) is 104 Å². The zero-order valence-corrected chi connectivity index (χ0v) is 21.0. The molecule has 2 aromatic heterocycles. The van der Waals surface area contributed by atoms with Crippen molar-refractivity contribution in [2.45, 2.75) is 51.6 Å². The molecular weight excluding hydrogens is 466 g/mol. The second-order valence-electron chi connectivity index (χ2n) is 10.2. The summed E-state index contributed by atoms with van der Waals surface area (Å²) < 4.78 is 2.11. The van der Waals surface area contributed by atoms with Crippen LogP contribution in [0.2, 0.25) is 0 Å². The van der Waals surface area contributed by atoms with Crippen molar-refractivity contribution in [3.05, 3.63) is 53.5 Å². The summed E-state index contributed by atoms with van der Waals surface area (Å²) in [5.74, 6) is 1.23. The molecule has 1 aromatic carbocycles. The molecular formula is C28H33N7O2. The van der Waals surface area contributed by atoms with E-state index in [9.17, 15) is 9.59 Å². The summed E-state index contributed by atoms with van der Waals surface area (Å²) in [5, 5.41) is 13.8. The maximum absolute atomic E-state index is 12.9. The van der Waals surface area contributed by atoms with Gasteiger partial charge in [0.1, 0.15) is 5.82 Å². The smallest absolute Gasteiger partial charge is 0.254 e. The second-order valence-corrected chi connectivity index (χ2v) is 10.2. The molecule has 1 saturated heterocycles. The quantitative estimate of drug-likeness (QED) is 0.323. The van der Waals surface area contributed by atoms with E-state index in [0.717, 1.165) is 86.3 Å². The molecule has 0 radical (unpaired) electrons. The van der Waals surface area contributed by atoms with E-state index in [4.69, 9.17) is 0 Å². The Balaban J connectivity index is 1.20. The first-order valence-corrected chi connectivity index (χ1v) is 13.4. The number of amides is 2. The summed E-state index contributed by atoms with van der Waals surface area (Å²) in [6, 6.07) is 8.17. The highest BCUT2D eigenvalue weighted by molar-refractivity contribution is 6.06. The molecule has 5 heterocycles. The number of nitrogens with one attached hydrogen (secondary N) is 3. The Kier molecular flexibility index (Phi) is 6.51. The number of fused-ring (bicyclic) bond motifs is 2. The van der Waals surface area contributed by atoms with Crippen molar-refractivity contribution in [2.75, 3.05) is 29.9 Å². The number of aryl methyl sites for hydroxylation is 1. The molecule has 3 aliphatic rings. The number of pyridine rings is 1. The number of aromatic nitrogens is 3. The average Bonchev–Trinajstić information content (AvgIpc) is 3.54. The van der Waals surface area contributed by atoms with Crippen molar-refractivity contribution in [1.82, 2.24) is 25.4 Å². The van der Waals surface area contributed by atoms with Gasteiger partial charge in [-0.3, -0.25) is 14.3 Å². The van der Waals surface area contributed by atoms with Crippen LogP contribution in [0.3, 0.4) is 0 Å². The van der Waals surface area contributed by atoms with Gasteiger partial charge in [-0.1, -0.05) is 6.07 Å². The summed E-state index contributed by atoms with van der Waals surface area (Å²) >= 11 is 0. The lowest BCUT2D eigenvalue weighted by molar-refractivity contribution is -0.109. The molecule has 9 nitrogen and oxygen atoms in total. The minimum absolute atomic E-state index is 0.0552. The van der Waals surface area contributed by atoms with Gasteiger partial charge in [-0.25, -0.2) is 4.98 Å². The number of hydrogen-bond donors (Lipinski definition) is 3. The number of hydrogen-bond acceptors (Lipinski definition) is 6. The van der Waals surface area contributed by atoms with Crippen molar-refractivity contribution in [3.63, 3.8) is 0 Å². The SMILES string of the molecule is O=CNCCC1CCCN(c2ccc(Nc3ccc(-c4cnn5c4CCCC5)c4c3C(=O)NC4)nc2)C1. The molecule has 9 heteroatoms. The van der Waals surface area contributed by atoms with Gasteiger partial charge in [0, 0.05) is 44.0 Å². The van der Waals surface area contributed by atoms with E-state index in [1.165, 1.54) is 18.5 Å². The van der Waals surface area contributed by atoms with Crippen molar-refractivity contribution in [2.24, 2.45) is 5.92 Å². The van der Waals surface area contributed by atoms with Crippen LogP contribution in [0.1, 0.15) is 53.7 Å². The van der Waals surface area contributed by atoms with Crippen molar-refractivity contribution in [3.8, 4) is 11.1 Å². The van der Waals surface area contributed by atoms with Crippen LogP contribution in [0.4, 0.5) is 17.2 Å². The van der Waals surface area contributed by atoms with Crippen molar-refractivity contribution < 1.29 is 9.59 Å². The molecule has 1 unspecified atom stereocenters. The Morgan fingerprint density at radius 3 is 2.89 bits per heavy atom. The Labute approximate surface area is 216 Å². The zero-order valence-electron chi connectivity index (χ0n) is 21.0. The number of benzene rings is 1. The van der Waals surface area contributed by atoms with Crippen LogP contribution in [-0.4, -0.2) is 46.7 Å². The predicted molar refractivity (Wildman–Crippen MR) is 143 cm³/mol. The molecule has 3 aliphatic heterocycles. The molecule has 0 spiro atoms. The summed E-state index contributed by atoms with van der Waals surface area (Å²) in [7, 11) is 0. The van der Waals surface area contributed by atoms with Crippen LogP contribution in [0.25, 0.3) is 11.1 Å². The predicted octanol–water partition coefficient (Wildman–Crippen LogP) is 3.62. The van der Waals surface area contributed by atoms with Gasteiger partial charge in [0.15, 0.2) is 0 Å². The first kappa shape index (κ1) is 23.5. The minimum atomic E-state index is -0.0552. The molecule has 1 fully saturated rings. The summed E-state index contributed by atoms with van der Waals surface area (Å²) in [5.41, 5.74) is 7.10. The molecule has 1 atom stereocenters. The van der Waals surface area contributed by atoms with Gasteiger partial charge in [0.25, 0.3) is 5.91 Å². The number of anilines is 3. The third-order valence-corrected chi connectivity index (χ3v) is 7.91. The number of carbonyl (C=O) groups is 2. The summed E-state index contributed by atoms with van der Waals surface area (Å²) in [4.78, 5) is 30.4. The third kappa shape index (κ3) is 4.65. The van der Waals surface area contributed by atoms with Gasteiger partial charge in [0.05, 0.1) is 29.3 Å². The van der Waals surface area contributed by atoms with E-state index in [0.29, 0.717) is 23.8 Å².